The maximum Gasteiger partial charge on any atom is 0.0765 e. The van der Waals surface area contributed by atoms with E-state index in [2.05, 4.69) is 48.9 Å². The highest BCUT2D eigenvalue weighted by Gasteiger charge is 2.19. The van der Waals surface area contributed by atoms with Crippen LogP contribution in [0.15, 0.2) is 6.07 Å². The predicted molar refractivity (Wildman–Crippen MR) is 59.4 cm³/mol. The van der Waals surface area contributed by atoms with E-state index in [1.54, 1.807) is 0 Å². The van der Waals surface area contributed by atoms with Crippen LogP contribution >= 0.6 is 0 Å². The van der Waals surface area contributed by atoms with Gasteiger partial charge in [-0.25, -0.2) is 0 Å². The minimum absolute atomic E-state index is 0.176. The van der Waals surface area contributed by atoms with Crippen molar-refractivity contribution in [2.45, 2.75) is 46.2 Å². The summed E-state index contributed by atoms with van der Waals surface area (Å²) in [5, 5.41) is 7.66. The topological polar surface area (TPSA) is 29.9 Å². The fourth-order valence-electron chi connectivity index (χ4n) is 1.58. The molecule has 14 heavy (non-hydrogen) atoms. The molecule has 0 bridgehead atoms. The molecule has 0 saturated carbocycles. The molecule has 0 saturated heterocycles. The van der Waals surface area contributed by atoms with Gasteiger partial charge in [0.15, 0.2) is 0 Å². The summed E-state index contributed by atoms with van der Waals surface area (Å²) in [6.45, 7) is 10.6. The van der Waals surface area contributed by atoms with E-state index in [4.69, 9.17) is 0 Å². The summed E-state index contributed by atoms with van der Waals surface area (Å²) in [5.74, 6) is 0. The van der Waals surface area contributed by atoms with E-state index in [0.717, 1.165) is 18.8 Å². The quantitative estimate of drug-likeness (QED) is 0.798. The summed E-state index contributed by atoms with van der Waals surface area (Å²) in [4.78, 5) is 0. The van der Waals surface area contributed by atoms with Gasteiger partial charge in [0.25, 0.3) is 0 Å². The first-order valence-electron chi connectivity index (χ1n) is 5.21. The Kier molecular flexibility index (Phi) is 3.32. The first-order valence-corrected chi connectivity index (χ1v) is 5.21. The third-order valence-electron chi connectivity index (χ3n) is 2.26. The Labute approximate surface area is 86.5 Å². The smallest absolute Gasteiger partial charge is 0.0765 e. The molecule has 1 aromatic rings. The molecule has 1 N–H and O–H groups in total. The number of aryl methyl sites for hydroxylation is 1. The lowest BCUT2D eigenvalue weighted by Gasteiger charge is -2.19. The van der Waals surface area contributed by atoms with E-state index >= 15 is 0 Å². The molecule has 3 nitrogen and oxygen atoms in total. The summed E-state index contributed by atoms with van der Waals surface area (Å²) >= 11 is 0. The van der Waals surface area contributed by atoms with Gasteiger partial charge in [-0.05, 0) is 20.0 Å². The van der Waals surface area contributed by atoms with Gasteiger partial charge in [0.05, 0.1) is 5.69 Å². The molecule has 0 aliphatic heterocycles. The Bertz CT molecular complexity index is 294. The average Bonchev–Trinajstić information content (AvgIpc) is 2.47. The lowest BCUT2D eigenvalue weighted by molar-refractivity contribution is 0.496. The van der Waals surface area contributed by atoms with Gasteiger partial charge in [0.2, 0.25) is 0 Å². The molecule has 1 aromatic heterocycles. The fraction of sp³-hybridized carbons (Fsp3) is 0.727. The molecular weight excluding hydrogens is 174 g/mol. The van der Waals surface area contributed by atoms with Crippen LogP contribution in [0.4, 0.5) is 0 Å². The van der Waals surface area contributed by atoms with Crippen LogP contribution in [0.3, 0.4) is 0 Å². The molecule has 1 heterocycles. The summed E-state index contributed by atoms with van der Waals surface area (Å²) in [7, 11) is 1.95. The first kappa shape index (κ1) is 11.2. The van der Waals surface area contributed by atoms with Crippen molar-refractivity contribution in [3.63, 3.8) is 0 Å². The van der Waals surface area contributed by atoms with Crippen LogP contribution in [-0.4, -0.2) is 16.8 Å². The zero-order valence-electron chi connectivity index (χ0n) is 9.89. The van der Waals surface area contributed by atoms with Crippen molar-refractivity contribution in [2.75, 3.05) is 7.05 Å². The van der Waals surface area contributed by atoms with Crippen LogP contribution in [0.2, 0.25) is 0 Å². The maximum atomic E-state index is 4.54. The van der Waals surface area contributed by atoms with Crippen molar-refractivity contribution in [2.24, 2.45) is 0 Å². The molecule has 0 aliphatic rings. The third kappa shape index (κ3) is 2.35. The molecule has 3 heteroatoms. The van der Waals surface area contributed by atoms with E-state index < -0.39 is 0 Å². The lowest BCUT2D eigenvalue weighted by Crippen LogP contribution is -2.17. The van der Waals surface area contributed by atoms with Crippen LogP contribution in [0.1, 0.15) is 39.1 Å². The molecular formula is C11H21N3. The van der Waals surface area contributed by atoms with E-state index in [1.807, 2.05) is 7.05 Å². The SMILES string of the molecule is CCn1nc(CNC)cc1C(C)(C)C. The number of nitrogens with zero attached hydrogens (tertiary/aromatic N) is 2. The van der Waals surface area contributed by atoms with Crippen molar-refractivity contribution in [3.05, 3.63) is 17.5 Å². The van der Waals surface area contributed by atoms with E-state index in [0.29, 0.717) is 0 Å². The molecule has 1 rings (SSSR count). The molecule has 80 valence electrons. The van der Waals surface area contributed by atoms with Crippen LogP contribution in [0, 0.1) is 0 Å². The highest BCUT2D eigenvalue weighted by atomic mass is 15.3. The zero-order valence-corrected chi connectivity index (χ0v) is 9.89. The molecule has 0 radical (unpaired) electrons. The Morgan fingerprint density at radius 2 is 2.07 bits per heavy atom. The molecule has 0 atom stereocenters. The van der Waals surface area contributed by atoms with Gasteiger partial charge >= 0.3 is 0 Å². The highest BCUT2D eigenvalue weighted by molar-refractivity contribution is 5.18. The van der Waals surface area contributed by atoms with E-state index in [-0.39, 0.29) is 5.41 Å². The first-order chi connectivity index (χ1) is 6.49. The monoisotopic (exact) mass is 195 g/mol. The Balaban J connectivity index is 3.02. The van der Waals surface area contributed by atoms with Crippen molar-refractivity contribution < 1.29 is 0 Å². The van der Waals surface area contributed by atoms with Crippen molar-refractivity contribution in [3.8, 4) is 0 Å². The molecule has 0 unspecified atom stereocenters. The van der Waals surface area contributed by atoms with Crippen LogP contribution < -0.4 is 5.32 Å². The second-order valence-electron chi connectivity index (χ2n) is 4.62. The summed E-state index contributed by atoms with van der Waals surface area (Å²) < 4.78 is 2.09. The van der Waals surface area contributed by atoms with Gasteiger partial charge in [-0.15, -0.1) is 0 Å². The third-order valence-corrected chi connectivity index (χ3v) is 2.26. The minimum Gasteiger partial charge on any atom is -0.314 e. The largest absolute Gasteiger partial charge is 0.314 e. The lowest BCUT2D eigenvalue weighted by atomic mass is 9.92. The summed E-state index contributed by atoms with van der Waals surface area (Å²) in [6, 6.07) is 2.19. The Morgan fingerprint density at radius 1 is 1.43 bits per heavy atom. The number of nitrogens with one attached hydrogen (secondary N) is 1. The normalized spacial score (nSPS) is 12.1. The molecule has 0 aromatic carbocycles. The molecule has 0 aliphatic carbocycles. The zero-order chi connectivity index (χ0) is 10.8. The van der Waals surface area contributed by atoms with Gasteiger partial charge in [0.1, 0.15) is 0 Å². The van der Waals surface area contributed by atoms with E-state index in [1.165, 1.54) is 5.69 Å². The highest BCUT2D eigenvalue weighted by Crippen LogP contribution is 2.22. The standard InChI is InChI=1S/C11H21N3/c1-6-14-10(11(2,3)4)7-9(13-14)8-12-5/h7,12H,6,8H2,1-5H3. The average molecular weight is 195 g/mol. The van der Waals surface area contributed by atoms with Gasteiger partial charge in [-0.2, -0.15) is 5.10 Å². The second-order valence-corrected chi connectivity index (χ2v) is 4.62. The predicted octanol–water partition coefficient (Wildman–Crippen LogP) is 1.92. The number of hydrogen-bond acceptors (Lipinski definition) is 2. The van der Waals surface area contributed by atoms with Crippen LogP contribution in [-0.2, 0) is 18.5 Å². The van der Waals surface area contributed by atoms with Crippen molar-refractivity contribution in [1.29, 1.82) is 0 Å². The van der Waals surface area contributed by atoms with Crippen molar-refractivity contribution >= 4 is 0 Å². The van der Waals surface area contributed by atoms with Gasteiger partial charge in [-0.3, -0.25) is 4.68 Å². The number of hydrogen-bond donors (Lipinski definition) is 1. The van der Waals surface area contributed by atoms with Crippen LogP contribution in [0.5, 0.6) is 0 Å². The van der Waals surface area contributed by atoms with Gasteiger partial charge in [-0.1, -0.05) is 20.8 Å². The number of aromatic nitrogens is 2. The van der Waals surface area contributed by atoms with Crippen LogP contribution in [0.25, 0.3) is 0 Å². The minimum atomic E-state index is 0.176. The summed E-state index contributed by atoms with van der Waals surface area (Å²) in [5.41, 5.74) is 2.61. The van der Waals surface area contributed by atoms with Gasteiger partial charge in [0, 0.05) is 24.2 Å². The second kappa shape index (κ2) is 4.13. The van der Waals surface area contributed by atoms with Crippen molar-refractivity contribution in [1.82, 2.24) is 15.1 Å². The molecule has 0 fully saturated rings. The Morgan fingerprint density at radius 3 is 2.43 bits per heavy atom. The molecule has 0 spiro atoms. The summed E-state index contributed by atoms with van der Waals surface area (Å²) in [6.07, 6.45) is 0. The Hall–Kier alpha value is -0.830. The maximum absolute atomic E-state index is 4.54. The molecule has 0 amide bonds. The van der Waals surface area contributed by atoms with Gasteiger partial charge < -0.3 is 5.32 Å². The fourth-order valence-corrected chi connectivity index (χ4v) is 1.58. The number of rotatable bonds is 3. The van der Waals surface area contributed by atoms with E-state index in [9.17, 15) is 0 Å².